The summed E-state index contributed by atoms with van der Waals surface area (Å²) in [6, 6.07) is 8.79. The van der Waals surface area contributed by atoms with Crippen molar-refractivity contribution in [1.29, 1.82) is 5.41 Å². The fourth-order valence-corrected chi connectivity index (χ4v) is 9.32. The van der Waals surface area contributed by atoms with Crippen LogP contribution in [-0.4, -0.2) is 120 Å². The largest absolute Gasteiger partial charge is 0.491 e. The molecule has 0 unspecified atom stereocenters. The topological polar surface area (TPSA) is 146 Å². The number of hydrogen-bond acceptors (Lipinski definition) is 12. The first-order valence-electron chi connectivity index (χ1n) is 18.6. The molecule has 0 atom stereocenters. The van der Waals surface area contributed by atoms with E-state index < -0.39 is 7.92 Å². The average Bonchev–Trinajstić information content (AvgIpc) is 3.66. The Kier molecular flexibility index (Phi) is 10.1. The molecule has 2 fully saturated rings. The first-order valence-corrected chi connectivity index (χ1v) is 20.8. The molecule has 53 heavy (non-hydrogen) atoms. The zero-order valence-corrected chi connectivity index (χ0v) is 31.9. The molecule has 3 aliphatic heterocycles. The standard InChI is InChI=1S/C39H49N12OP/c1-41-24-25(23-40)29-22-32(35-27(6-5-21-52-35)34(29)51-15-10-26(11-16-51)50-19-17-49(2)18-20-50)46-39-47-37-28(9-12-44-37)38(48-39)45-31-8-7-30-33(36(31)53(3)4)43-14-13-42-30/h7-9,12-14,22-24,26,40-41H,5-6,10-11,15-21H2,1-4H3,(H3,44,45,46,47,48)/b25-24+,40-23?. The molecule has 2 saturated heterocycles. The third kappa shape index (κ3) is 7.01. The minimum atomic E-state index is -0.514. The first kappa shape index (κ1) is 35.2. The van der Waals surface area contributed by atoms with Gasteiger partial charge in [-0.15, -0.1) is 0 Å². The number of rotatable bonds is 10. The summed E-state index contributed by atoms with van der Waals surface area (Å²) < 4.78 is 6.51. The number of likely N-dealkylation sites (N-methyl/N-ethyl adjacent to an activating group) is 1. The molecule has 8 rings (SSSR count). The molecule has 2 aromatic carbocycles. The van der Waals surface area contributed by atoms with Crippen LogP contribution >= 0.6 is 7.92 Å². The summed E-state index contributed by atoms with van der Waals surface area (Å²) in [4.78, 5) is 30.2. The lowest BCUT2D eigenvalue weighted by Crippen LogP contribution is -2.52. The predicted octanol–water partition coefficient (Wildman–Crippen LogP) is 5.51. The van der Waals surface area contributed by atoms with Gasteiger partial charge in [-0.3, -0.25) is 14.9 Å². The van der Waals surface area contributed by atoms with Gasteiger partial charge in [0.2, 0.25) is 5.95 Å². The van der Waals surface area contributed by atoms with Gasteiger partial charge in [-0.1, -0.05) is 7.92 Å². The second-order valence-corrected chi connectivity index (χ2v) is 16.6. The van der Waals surface area contributed by atoms with Crippen molar-refractivity contribution in [3.8, 4) is 5.75 Å². The van der Waals surface area contributed by atoms with Crippen LogP contribution in [0.3, 0.4) is 0 Å². The van der Waals surface area contributed by atoms with Crippen LogP contribution in [0.25, 0.3) is 27.6 Å². The summed E-state index contributed by atoms with van der Waals surface area (Å²) in [7, 11) is 3.59. The number of H-pyrrole nitrogens is 1. The molecule has 3 aliphatic rings. The highest BCUT2D eigenvalue weighted by Crippen LogP contribution is 2.46. The zero-order valence-electron chi connectivity index (χ0n) is 31.0. The lowest BCUT2D eigenvalue weighted by Gasteiger charge is -2.43. The first-order chi connectivity index (χ1) is 25.9. The van der Waals surface area contributed by atoms with Crippen molar-refractivity contribution >= 4 is 75.9 Å². The smallest absolute Gasteiger partial charge is 0.231 e. The number of nitrogens with one attached hydrogen (secondary N) is 5. The molecule has 0 saturated carbocycles. The molecule has 5 aromatic rings. The highest BCUT2D eigenvalue weighted by molar-refractivity contribution is 7.65. The van der Waals surface area contributed by atoms with Gasteiger partial charge in [-0.05, 0) is 70.3 Å². The molecular formula is C39H49N12OP. The Morgan fingerprint density at radius 3 is 2.58 bits per heavy atom. The number of piperazine rings is 1. The van der Waals surface area contributed by atoms with E-state index in [4.69, 9.17) is 25.1 Å². The van der Waals surface area contributed by atoms with Crippen LogP contribution in [0.2, 0.25) is 0 Å². The van der Waals surface area contributed by atoms with Crippen molar-refractivity contribution < 1.29 is 4.74 Å². The maximum absolute atomic E-state index is 8.47. The van der Waals surface area contributed by atoms with E-state index in [1.807, 2.05) is 31.6 Å². The average molecular weight is 733 g/mol. The number of anilines is 5. The number of hydrogen-bond donors (Lipinski definition) is 5. The third-order valence-corrected chi connectivity index (χ3v) is 12.1. The number of aromatic nitrogens is 5. The van der Waals surface area contributed by atoms with Gasteiger partial charge in [-0.25, -0.2) is 0 Å². The fraction of sp³-hybridized carbons (Fsp3) is 0.410. The molecule has 276 valence electrons. The minimum absolute atomic E-state index is 0.442. The van der Waals surface area contributed by atoms with E-state index in [2.05, 4.69) is 73.1 Å². The predicted molar refractivity (Wildman–Crippen MR) is 219 cm³/mol. The van der Waals surface area contributed by atoms with E-state index in [1.165, 1.54) is 17.5 Å². The van der Waals surface area contributed by atoms with Crippen molar-refractivity contribution in [3.05, 3.63) is 60.2 Å². The van der Waals surface area contributed by atoms with Crippen molar-refractivity contribution in [2.24, 2.45) is 0 Å². The van der Waals surface area contributed by atoms with Gasteiger partial charge in [0.1, 0.15) is 17.2 Å². The lowest BCUT2D eigenvalue weighted by atomic mass is 9.92. The Morgan fingerprint density at radius 1 is 1.00 bits per heavy atom. The molecule has 0 spiro atoms. The van der Waals surface area contributed by atoms with Crippen molar-refractivity contribution in [1.82, 2.24) is 40.0 Å². The molecule has 14 heteroatoms. The molecule has 3 aromatic heterocycles. The van der Waals surface area contributed by atoms with Crippen LogP contribution in [0.1, 0.15) is 30.4 Å². The summed E-state index contributed by atoms with van der Waals surface area (Å²) in [5, 5.41) is 20.9. The van der Waals surface area contributed by atoms with E-state index in [1.54, 1.807) is 12.4 Å². The Balaban J connectivity index is 1.16. The van der Waals surface area contributed by atoms with Crippen molar-refractivity contribution in [3.63, 3.8) is 0 Å². The number of aromatic amines is 1. The summed E-state index contributed by atoms with van der Waals surface area (Å²) in [6.45, 7) is 11.6. The normalized spacial score (nSPS) is 17.6. The number of ether oxygens (including phenoxy) is 1. The highest BCUT2D eigenvalue weighted by atomic mass is 31.1. The number of piperidine rings is 1. The monoisotopic (exact) mass is 732 g/mol. The SMILES string of the molecule is CN/C=C(\C=N)c1cc(Nc2nc(Nc3ccc4nccnc4c3P(C)C)c3cc[nH]c3n2)c2c(c1N1CCC(N3CCN(C)CC3)CC1)CCCO2. The van der Waals surface area contributed by atoms with Gasteiger partial charge in [-0.2, -0.15) is 9.97 Å². The van der Waals surface area contributed by atoms with E-state index in [0.717, 1.165) is 115 Å². The van der Waals surface area contributed by atoms with Gasteiger partial charge in [0.25, 0.3) is 0 Å². The van der Waals surface area contributed by atoms with Crippen LogP contribution < -0.4 is 30.9 Å². The second-order valence-electron chi connectivity index (χ2n) is 14.3. The Hall–Kier alpha value is -4.84. The fourth-order valence-electron chi connectivity index (χ4n) is 8.12. The molecule has 6 heterocycles. The second kappa shape index (κ2) is 15.3. The molecular weight excluding hydrogens is 683 g/mol. The molecule has 13 nitrogen and oxygen atoms in total. The van der Waals surface area contributed by atoms with Crippen LogP contribution in [0.4, 0.5) is 28.8 Å². The van der Waals surface area contributed by atoms with Gasteiger partial charge in [0.15, 0.2) is 0 Å². The zero-order chi connectivity index (χ0) is 36.5. The summed E-state index contributed by atoms with van der Waals surface area (Å²) >= 11 is 0. The quantitative estimate of drug-likeness (QED) is 0.0916. The Labute approximate surface area is 311 Å². The number of benzene rings is 2. The van der Waals surface area contributed by atoms with E-state index in [-0.39, 0.29) is 0 Å². The van der Waals surface area contributed by atoms with E-state index in [9.17, 15) is 0 Å². The maximum atomic E-state index is 8.47. The molecule has 5 N–H and O–H groups in total. The van der Waals surface area contributed by atoms with Gasteiger partial charge >= 0.3 is 0 Å². The summed E-state index contributed by atoms with van der Waals surface area (Å²) in [5.74, 6) is 1.97. The van der Waals surface area contributed by atoms with Gasteiger partial charge in [0, 0.05) is 111 Å². The lowest BCUT2D eigenvalue weighted by molar-refractivity contribution is 0.0981. The Bertz CT molecular complexity index is 2150. The van der Waals surface area contributed by atoms with E-state index >= 15 is 0 Å². The number of nitrogens with zero attached hydrogens (tertiary/aromatic N) is 7. The molecule has 0 radical (unpaired) electrons. The van der Waals surface area contributed by atoms with Crippen molar-refractivity contribution in [2.45, 2.75) is 31.7 Å². The van der Waals surface area contributed by atoms with Crippen LogP contribution in [0, 0.1) is 5.41 Å². The van der Waals surface area contributed by atoms with Crippen molar-refractivity contribution in [2.75, 3.05) is 88.8 Å². The molecule has 0 bridgehead atoms. The summed E-state index contributed by atoms with van der Waals surface area (Å²) in [5.41, 5.74) is 8.41. The van der Waals surface area contributed by atoms with Gasteiger partial charge in [0.05, 0.1) is 34.4 Å². The maximum Gasteiger partial charge on any atom is 0.231 e. The minimum Gasteiger partial charge on any atom is -0.491 e. The number of fused-ring (bicyclic) bond motifs is 3. The van der Waals surface area contributed by atoms with E-state index in [0.29, 0.717) is 30.1 Å². The van der Waals surface area contributed by atoms with Crippen LogP contribution in [0.15, 0.2) is 49.1 Å². The van der Waals surface area contributed by atoms with Crippen LogP contribution in [0.5, 0.6) is 5.75 Å². The van der Waals surface area contributed by atoms with Gasteiger partial charge < -0.3 is 40.9 Å². The number of allylic oxidation sites excluding steroid dienone is 1. The summed E-state index contributed by atoms with van der Waals surface area (Å²) in [6.07, 6.45) is 12.8. The molecule has 0 aliphatic carbocycles. The third-order valence-electron chi connectivity index (χ3n) is 10.7. The molecule has 0 amide bonds. The van der Waals surface area contributed by atoms with Crippen LogP contribution in [-0.2, 0) is 6.42 Å². The highest BCUT2D eigenvalue weighted by Gasteiger charge is 2.32. The Morgan fingerprint density at radius 2 is 1.81 bits per heavy atom.